The fourth-order valence-corrected chi connectivity index (χ4v) is 2.84. The lowest BCUT2D eigenvalue weighted by Crippen LogP contribution is -2.06. The molecule has 0 saturated carbocycles. The van der Waals surface area contributed by atoms with Crippen LogP contribution in [0.5, 0.6) is 0 Å². The predicted molar refractivity (Wildman–Crippen MR) is 98.1 cm³/mol. The Labute approximate surface area is 153 Å². The maximum Gasteiger partial charge on any atom is 0.358 e. The van der Waals surface area contributed by atoms with E-state index in [1.807, 2.05) is 30.3 Å². The maximum atomic E-state index is 12.1. The molecule has 1 aromatic heterocycles. The van der Waals surface area contributed by atoms with E-state index in [1.165, 1.54) is 23.5 Å². The summed E-state index contributed by atoms with van der Waals surface area (Å²) in [5.41, 5.74) is 2.01. The minimum atomic E-state index is -0.535. The van der Waals surface area contributed by atoms with Crippen molar-refractivity contribution in [2.45, 2.75) is 13.2 Å². The number of ether oxygens (including phenoxy) is 1. The monoisotopic (exact) mass is 369 g/mol. The summed E-state index contributed by atoms with van der Waals surface area (Å²) >= 11 is 1.33. The molecule has 0 atom stereocenters. The van der Waals surface area contributed by atoms with Crippen molar-refractivity contribution in [2.75, 3.05) is 5.32 Å². The number of aromatic nitrogens is 1. The number of nitro benzene ring substituents is 1. The molecular weight excluding hydrogens is 354 g/mol. The molecule has 26 heavy (non-hydrogen) atoms. The molecule has 7 nitrogen and oxygen atoms in total. The lowest BCUT2D eigenvalue weighted by Gasteiger charge is -2.03. The Hall–Kier alpha value is -3.26. The van der Waals surface area contributed by atoms with E-state index in [4.69, 9.17) is 4.74 Å². The molecular formula is C18H15N3O4S. The smallest absolute Gasteiger partial charge is 0.358 e. The third-order valence-corrected chi connectivity index (χ3v) is 4.32. The Morgan fingerprint density at radius 3 is 2.54 bits per heavy atom. The molecule has 0 aliphatic heterocycles. The van der Waals surface area contributed by atoms with Crippen LogP contribution in [0.3, 0.4) is 0 Å². The fourth-order valence-electron chi connectivity index (χ4n) is 2.16. The lowest BCUT2D eigenvalue weighted by atomic mass is 10.2. The number of hydrogen-bond acceptors (Lipinski definition) is 7. The third-order valence-electron chi connectivity index (χ3n) is 3.52. The van der Waals surface area contributed by atoms with Crippen LogP contribution in [0, 0.1) is 10.1 Å². The van der Waals surface area contributed by atoms with Gasteiger partial charge in [0.2, 0.25) is 0 Å². The number of carbonyl (C=O) groups excluding carboxylic acids is 1. The van der Waals surface area contributed by atoms with Crippen LogP contribution in [0.4, 0.5) is 10.8 Å². The Bertz CT molecular complexity index is 894. The fraction of sp³-hybridized carbons (Fsp3) is 0.111. The summed E-state index contributed by atoms with van der Waals surface area (Å²) in [4.78, 5) is 26.4. The summed E-state index contributed by atoms with van der Waals surface area (Å²) in [7, 11) is 0. The summed E-state index contributed by atoms with van der Waals surface area (Å²) < 4.78 is 5.20. The first kappa shape index (κ1) is 17.6. The van der Waals surface area contributed by atoms with Gasteiger partial charge in [0.05, 0.1) is 4.92 Å². The molecule has 0 radical (unpaired) electrons. The zero-order valence-corrected chi connectivity index (χ0v) is 14.4. The Morgan fingerprint density at radius 2 is 1.85 bits per heavy atom. The van der Waals surface area contributed by atoms with Crippen LogP contribution in [0.2, 0.25) is 0 Å². The number of thiazole rings is 1. The van der Waals surface area contributed by atoms with Crippen LogP contribution in [0.25, 0.3) is 0 Å². The second kappa shape index (κ2) is 8.21. The van der Waals surface area contributed by atoms with Crippen LogP contribution in [-0.2, 0) is 17.9 Å². The van der Waals surface area contributed by atoms with Crippen LogP contribution < -0.4 is 5.32 Å². The molecule has 0 spiro atoms. The second-order valence-corrected chi connectivity index (χ2v) is 6.23. The van der Waals surface area contributed by atoms with Gasteiger partial charge in [-0.05, 0) is 23.3 Å². The lowest BCUT2D eigenvalue weighted by molar-refractivity contribution is -0.384. The van der Waals surface area contributed by atoms with E-state index in [0.29, 0.717) is 17.2 Å². The van der Waals surface area contributed by atoms with Gasteiger partial charge in [-0.2, -0.15) is 0 Å². The molecule has 3 rings (SSSR count). The minimum absolute atomic E-state index is 0.00582. The van der Waals surface area contributed by atoms with Gasteiger partial charge < -0.3 is 10.1 Å². The Morgan fingerprint density at radius 1 is 1.12 bits per heavy atom. The molecule has 0 saturated heterocycles. The highest BCUT2D eigenvalue weighted by molar-refractivity contribution is 7.13. The van der Waals surface area contributed by atoms with Gasteiger partial charge in [-0.15, -0.1) is 11.3 Å². The van der Waals surface area contributed by atoms with Gasteiger partial charge >= 0.3 is 5.97 Å². The molecule has 0 fully saturated rings. The van der Waals surface area contributed by atoms with Gasteiger partial charge in [0.25, 0.3) is 5.69 Å². The van der Waals surface area contributed by atoms with Crippen LogP contribution >= 0.6 is 11.3 Å². The summed E-state index contributed by atoms with van der Waals surface area (Å²) in [5.74, 6) is -0.535. The van der Waals surface area contributed by atoms with Crippen molar-refractivity contribution >= 4 is 28.1 Å². The normalized spacial score (nSPS) is 10.3. The predicted octanol–water partition coefficient (Wildman–Crippen LogP) is 4.02. The molecule has 132 valence electrons. The van der Waals surface area contributed by atoms with Crippen molar-refractivity contribution in [2.24, 2.45) is 0 Å². The summed E-state index contributed by atoms with van der Waals surface area (Å²) in [6.45, 7) is 0.646. The van der Waals surface area contributed by atoms with Crippen molar-refractivity contribution < 1.29 is 14.5 Å². The topological polar surface area (TPSA) is 94.4 Å². The average molecular weight is 369 g/mol. The molecule has 0 bridgehead atoms. The highest BCUT2D eigenvalue weighted by atomic mass is 32.1. The van der Waals surface area contributed by atoms with Crippen LogP contribution in [0.1, 0.15) is 21.6 Å². The molecule has 2 aromatic carbocycles. The van der Waals surface area contributed by atoms with E-state index in [1.54, 1.807) is 17.5 Å². The molecule has 0 amide bonds. The van der Waals surface area contributed by atoms with Crippen LogP contribution in [0.15, 0.2) is 60.0 Å². The van der Waals surface area contributed by atoms with E-state index in [0.717, 1.165) is 5.56 Å². The highest BCUT2D eigenvalue weighted by Gasteiger charge is 2.13. The quantitative estimate of drug-likeness (QED) is 0.384. The number of anilines is 1. The van der Waals surface area contributed by atoms with Gasteiger partial charge in [0.15, 0.2) is 10.8 Å². The number of hydrogen-bond donors (Lipinski definition) is 1. The Balaban J connectivity index is 1.52. The molecule has 3 aromatic rings. The third kappa shape index (κ3) is 4.64. The van der Waals surface area contributed by atoms with Crippen molar-refractivity contribution in [3.05, 3.63) is 86.9 Å². The second-order valence-electron chi connectivity index (χ2n) is 5.38. The molecule has 8 heteroatoms. The van der Waals surface area contributed by atoms with E-state index in [2.05, 4.69) is 10.3 Å². The van der Waals surface area contributed by atoms with E-state index >= 15 is 0 Å². The van der Waals surface area contributed by atoms with Gasteiger partial charge in [0, 0.05) is 24.1 Å². The summed E-state index contributed by atoms with van der Waals surface area (Å²) in [5, 5.41) is 16.0. The largest absolute Gasteiger partial charge is 0.456 e. The number of nitro groups is 1. The van der Waals surface area contributed by atoms with Gasteiger partial charge in [0.1, 0.15) is 6.61 Å². The summed E-state index contributed by atoms with van der Waals surface area (Å²) in [6, 6.07) is 15.7. The standard InChI is InChI=1S/C18H15N3O4S/c22-17(25-11-14-6-8-15(9-7-14)21(23)24)16-12-26-18(20-16)19-10-13-4-2-1-3-5-13/h1-9,12H,10-11H2,(H,19,20). The number of esters is 1. The highest BCUT2D eigenvalue weighted by Crippen LogP contribution is 2.18. The van der Waals surface area contributed by atoms with E-state index in [9.17, 15) is 14.9 Å². The average Bonchev–Trinajstić information content (AvgIpc) is 3.15. The number of rotatable bonds is 7. The van der Waals surface area contributed by atoms with Crippen molar-refractivity contribution in [1.29, 1.82) is 0 Å². The molecule has 0 aliphatic carbocycles. The zero-order chi connectivity index (χ0) is 18.4. The number of nitrogens with one attached hydrogen (secondary N) is 1. The number of non-ortho nitro benzene ring substituents is 1. The molecule has 1 N–H and O–H groups in total. The molecule has 1 heterocycles. The zero-order valence-electron chi connectivity index (χ0n) is 13.6. The first-order valence-corrected chi connectivity index (χ1v) is 8.63. The number of nitrogens with zero attached hydrogens (tertiary/aromatic N) is 2. The van der Waals surface area contributed by atoms with Gasteiger partial charge in [-0.25, -0.2) is 9.78 Å². The van der Waals surface area contributed by atoms with Crippen molar-refractivity contribution in [1.82, 2.24) is 4.98 Å². The first-order valence-electron chi connectivity index (χ1n) is 7.75. The molecule has 0 aliphatic rings. The van der Waals surface area contributed by atoms with E-state index in [-0.39, 0.29) is 18.0 Å². The molecule has 0 unspecified atom stereocenters. The number of benzene rings is 2. The maximum absolute atomic E-state index is 12.1. The van der Waals surface area contributed by atoms with Crippen molar-refractivity contribution in [3.63, 3.8) is 0 Å². The van der Waals surface area contributed by atoms with Gasteiger partial charge in [-0.3, -0.25) is 10.1 Å². The van der Waals surface area contributed by atoms with Crippen LogP contribution in [-0.4, -0.2) is 15.9 Å². The Kier molecular flexibility index (Phi) is 5.55. The van der Waals surface area contributed by atoms with Gasteiger partial charge in [-0.1, -0.05) is 30.3 Å². The number of carbonyl (C=O) groups is 1. The van der Waals surface area contributed by atoms with E-state index < -0.39 is 10.9 Å². The van der Waals surface area contributed by atoms with Crippen molar-refractivity contribution in [3.8, 4) is 0 Å². The first-order chi connectivity index (χ1) is 12.6. The minimum Gasteiger partial charge on any atom is -0.456 e. The summed E-state index contributed by atoms with van der Waals surface area (Å²) in [6.07, 6.45) is 0. The SMILES string of the molecule is O=C(OCc1ccc([N+](=O)[O-])cc1)c1csc(NCc2ccccc2)n1.